The number of ether oxygens (including phenoxy) is 2. The predicted molar refractivity (Wildman–Crippen MR) is 110 cm³/mol. The number of aromatic nitrogens is 4. The maximum absolute atomic E-state index is 13.0. The van der Waals surface area contributed by atoms with Crippen LogP contribution < -0.4 is 15.4 Å². The van der Waals surface area contributed by atoms with Gasteiger partial charge in [-0.05, 0) is 18.6 Å². The highest BCUT2D eigenvalue weighted by atomic mass is 16.7. The molecule has 9 nitrogen and oxygen atoms in total. The Morgan fingerprint density at radius 2 is 1.90 bits per heavy atom. The highest BCUT2D eigenvalue weighted by Gasteiger charge is 2.16. The van der Waals surface area contributed by atoms with Gasteiger partial charge >= 0.3 is 0 Å². The first kappa shape index (κ1) is 20.7. The molecule has 0 saturated heterocycles. The van der Waals surface area contributed by atoms with Crippen LogP contribution in [0.5, 0.6) is 5.88 Å². The third-order valence-corrected chi connectivity index (χ3v) is 4.44. The molecule has 0 saturated carbocycles. The lowest BCUT2D eigenvalue weighted by molar-refractivity contribution is 0.126. The van der Waals surface area contributed by atoms with Crippen molar-refractivity contribution in [3.63, 3.8) is 0 Å². The number of rotatable bonds is 9. The molecule has 3 aromatic rings. The predicted octanol–water partition coefficient (Wildman–Crippen LogP) is 2.29. The second kappa shape index (κ2) is 9.44. The molecule has 0 aliphatic rings. The molecule has 3 rings (SSSR count). The third kappa shape index (κ3) is 4.52. The number of methoxy groups -OCH3 is 1. The quantitative estimate of drug-likeness (QED) is 0.400. The van der Waals surface area contributed by atoms with Gasteiger partial charge in [0.2, 0.25) is 11.7 Å². The number of anilines is 1. The highest BCUT2D eigenvalue weighted by Crippen LogP contribution is 2.23. The van der Waals surface area contributed by atoms with Crippen LogP contribution in [0.4, 0.5) is 5.82 Å². The van der Waals surface area contributed by atoms with Crippen molar-refractivity contribution in [3.8, 4) is 17.0 Å². The topological polar surface area (TPSA) is 91.6 Å². The van der Waals surface area contributed by atoms with Gasteiger partial charge in [-0.15, -0.1) is 0 Å². The molecule has 0 aliphatic heterocycles. The second-order valence-corrected chi connectivity index (χ2v) is 6.34. The molecule has 0 N–H and O–H groups in total. The van der Waals surface area contributed by atoms with Crippen molar-refractivity contribution in [3.05, 3.63) is 40.9 Å². The van der Waals surface area contributed by atoms with Crippen LogP contribution in [0.3, 0.4) is 0 Å². The van der Waals surface area contributed by atoms with Crippen molar-refractivity contribution < 1.29 is 14.3 Å². The maximum Gasteiger partial charge on any atom is 0.296 e. The highest BCUT2D eigenvalue weighted by molar-refractivity contribution is 5.78. The first-order valence-corrected chi connectivity index (χ1v) is 9.35. The van der Waals surface area contributed by atoms with E-state index in [-0.39, 0.29) is 11.4 Å². The van der Waals surface area contributed by atoms with Gasteiger partial charge in [0.25, 0.3) is 5.56 Å². The number of pyridine rings is 2. The van der Waals surface area contributed by atoms with Crippen molar-refractivity contribution in [2.75, 3.05) is 39.5 Å². The summed E-state index contributed by atoms with van der Waals surface area (Å²) in [6.07, 6.45) is 4.33. The smallest absolute Gasteiger partial charge is 0.296 e. The molecular formula is C20H25N5O4. The summed E-state index contributed by atoms with van der Waals surface area (Å²) in [5.41, 5.74) is 2.49. The summed E-state index contributed by atoms with van der Waals surface area (Å²) in [5.74, 6) is 0.697. The molecule has 0 bridgehead atoms. The van der Waals surface area contributed by atoms with Gasteiger partial charge in [0, 0.05) is 49.8 Å². The largest absolute Gasteiger partial charge is 0.481 e. The Balaban J connectivity index is 2.09. The normalized spacial score (nSPS) is 11.0. The summed E-state index contributed by atoms with van der Waals surface area (Å²) >= 11 is 0. The van der Waals surface area contributed by atoms with Gasteiger partial charge in [-0.3, -0.25) is 14.2 Å². The van der Waals surface area contributed by atoms with Crippen molar-refractivity contribution in [2.45, 2.75) is 19.9 Å². The number of fused-ring (bicyclic) bond motifs is 1. The van der Waals surface area contributed by atoms with E-state index in [9.17, 15) is 4.79 Å². The average molecular weight is 399 g/mol. The van der Waals surface area contributed by atoms with Crippen LogP contribution in [-0.4, -0.2) is 54.0 Å². The zero-order valence-corrected chi connectivity index (χ0v) is 17.1. The van der Waals surface area contributed by atoms with Gasteiger partial charge in [-0.2, -0.15) is 0 Å². The van der Waals surface area contributed by atoms with Crippen molar-refractivity contribution in [2.24, 2.45) is 0 Å². The fraction of sp³-hybridized carbons (Fsp3) is 0.400. The summed E-state index contributed by atoms with van der Waals surface area (Å²) in [6, 6.07) is 5.55. The fourth-order valence-corrected chi connectivity index (χ4v) is 2.85. The minimum absolute atomic E-state index is 0.168. The Bertz CT molecular complexity index is 1020. The van der Waals surface area contributed by atoms with E-state index in [1.54, 1.807) is 37.2 Å². The van der Waals surface area contributed by atoms with Crippen LogP contribution in [0.2, 0.25) is 0 Å². The molecule has 3 aromatic heterocycles. The molecule has 9 heteroatoms. The number of nitrogens with zero attached hydrogens (tertiary/aromatic N) is 5. The minimum Gasteiger partial charge on any atom is -0.481 e. The summed E-state index contributed by atoms with van der Waals surface area (Å²) in [6.45, 7) is 3.48. The van der Waals surface area contributed by atoms with Crippen molar-refractivity contribution in [1.29, 1.82) is 0 Å². The maximum atomic E-state index is 13.0. The van der Waals surface area contributed by atoms with E-state index in [0.29, 0.717) is 36.8 Å². The molecule has 29 heavy (non-hydrogen) atoms. The lowest BCUT2D eigenvalue weighted by Gasteiger charge is -2.17. The van der Waals surface area contributed by atoms with E-state index in [2.05, 4.69) is 15.0 Å². The molecule has 0 amide bonds. The van der Waals surface area contributed by atoms with Gasteiger partial charge in [-0.25, -0.2) is 20.0 Å². The zero-order valence-electron chi connectivity index (χ0n) is 17.1. The lowest BCUT2D eigenvalue weighted by atomic mass is 10.1. The summed E-state index contributed by atoms with van der Waals surface area (Å²) in [7, 11) is 4.68. The van der Waals surface area contributed by atoms with Crippen molar-refractivity contribution in [1.82, 2.24) is 19.5 Å². The lowest BCUT2D eigenvalue weighted by Crippen LogP contribution is -2.32. The summed E-state index contributed by atoms with van der Waals surface area (Å²) < 4.78 is 12.3. The first-order chi connectivity index (χ1) is 14.1. The van der Waals surface area contributed by atoms with Gasteiger partial charge in [0.15, 0.2) is 5.65 Å². The van der Waals surface area contributed by atoms with Gasteiger partial charge in [0.1, 0.15) is 0 Å². The Morgan fingerprint density at radius 3 is 2.55 bits per heavy atom. The van der Waals surface area contributed by atoms with E-state index in [4.69, 9.17) is 14.3 Å². The standard InChI is InChI=1S/C20H25N5O4/c1-5-9-29-10-8-25-16-11-15(14-6-7-17(27-3)21-12-14)13-22-18(16)23-19(20(25)26)24(2)28-4/h6-7,11-13H,5,8-10H2,1-4H3. The summed E-state index contributed by atoms with van der Waals surface area (Å²) in [4.78, 5) is 31.3. The number of hydrogen-bond acceptors (Lipinski definition) is 8. The Hall–Kier alpha value is -3.04. The first-order valence-electron chi connectivity index (χ1n) is 9.35. The van der Waals surface area contributed by atoms with E-state index >= 15 is 0 Å². The fourth-order valence-electron chi connectivity index (χ4n) is 2.85. The zero-order chi connectivity index (χ0) is 20.8. The van der Waals surface area contributed by atoms with E-state index in [1.807, 2.05) is 19.1 Å². The van der Waals surface area contributed by atoms with Gasteiger partial charge in [-0.1, -0.05) is 6.92 Å². The third-order valence-electron chi connectivity index (χ3n) is 4.44. The Labute approximate surface area is 168 Å². The van der Waals surface area contributed by atoms with Crippen molar-refractivity contribution >= 4 is 17.0 Å². The summed E-state index contributed by atoms with van der Waals surface area (Å²) in [5, 5.41) is 1.33. The number of hydroxylamine groups is 1. The molecule has 154 valence electrons. The van der Waals surface area contributed by atoms with Crippen LogP contribution in [-0.2, 0) is 16.1 Å². The molecule has 0 spiro atoms. The van der Waals surface area contributed by atoms with Crippen LogP contribution in [0, 0.1) is 0 Å². The molecule has 0 atom stereocenters. The second-order valence-electron chi connectivity index (χ2n) is 6.34. The Kier molecular flexibility index (Phi) is 6.73. The number of hydrogen-bond donors (Lipinski definition) is 0. The SMILES string of the molecule is CCCOCCn1c(=O)c(N(C)OC)nc2ncc(-c3ccc(OC)nc3)cc21. The average Bonchev–Trinajstić information content (AvgIpc) is 2.76. The molecule has 0 aromatic carbocycles. The van der Waals surface area contributed by atoms with Gasteiger partial charge < -0.3 is 9.47 Å². The van der Waals surface area contributed by atoms with E-state index < -0.39 is 0 Å². The molecule has 0 unspecified atom stereocenters. The molecule has 3 heterocycles. The van der Waals surface area contributed by atoms with Crippen LogP contribution in [0.25, 0.3) is 22.3 Å². The van der Waals surface area contributed by atoms with Crippen LogP contribution >= 0.6 is 0 Å². The van der Waals surface area contributed by atoms with Crippen LogP contribution in [0.15, 0.2) is 35.4 Å². The van der Waals surface area contributed by atoms with E-state index in [0.717, 1.165) is 17.5 Å². The van der Waals surface area contributed by atoms with Gasteiger partial charge in [0.05, 0.1) is 26.3 Å². The van der Waals surface area contributed by atoms with Crippen LogP contribution in [0.1, 0.15) is 13.3 Å². The Morgan fingerprint density at radius 1 is 1.10 bits per heavy atom. The molecule has 0 aliphatic carbocycles. The molecule has 0 fully saturated rings. The molecular weight excluding hydrogens is 374 g/mol. The molecule has 0 radical (unpaired) electrons. The minimum atomic E-state index is -0.270. The monoisotopic (exact) mass is 399 g/mol. The van der Waals surface area contributed by atoms with E-state index in [1.165, 1.54) is 12.2 Å².